The fraction of sp³-hybridized carbons (Fsp3) is 0.556. The molecule has 3 rings (SSSR count). The van der Waals surface area contributed by atoms with E-state index >= 15 is 0 Å². The second-order valence-electron chi connectivity index (χ2n) is 6.67. The molecular weight excluding hydrogens is 322 g/mol. The highest BCUT2D eigenvalue weighted by molar-refractivity contribution is 8.00. The van der Waals surface area contributed by atoms with Crippen LogP contribution in [0, 0.1) is 5.92 Å². The van der Waals surface area contributed by atoms with Crippen LogP contribution >= 0.6 is 11.8 Å². The summed E-state index contributed by atoms with van der Waals surface area (Å²) in [5, 5.41) is 5.86. The molecule has 0 spiro atoms. The molecule has 1 aliphatic heterocycles. The van der Waals surface area contributed by atoms with Crippen LogP contribution in [0.25, 0.3) is 0 Å². The molecule has 24 heavy (non-hydrogen) atoms. The Kier molecular flexibility index (Phi) is 5.46. The van der Waals surface area contributed by atoms with Crippen molar-refractivity contribution in [3.05, 3.63) is 23.8 Å². The summed E-state index contributed by atoms with van der Waals surface area (Å²) in [5.41, 5.74) is 7.19. The standard InChI is InChI=1S/C18H25N3O2S/c1-11-17(22)20-14-9-13(7-8-16(14)24-11)18(23)21-15(10-19)12-5-3-2-4-6-12/h7-9,11-12,15H,2-6,10,19H2,1H3,(H,20,22)(H,21,23). The van der Waals surface area contributed by atoms with Gasteiger partial charge >= 0.3 is 0 Å². The fourth-order valence-corrected chi connectivity index (χ4v) is 4.44. The number of hydrogen-bond acceptors (Lipinski definition) is 4. The van der Waals surface area contributed by atoms with Crippen molar-refractivity contribution in [1.82, 2.24) is 5.32 Å². The third kappa shape index (κ3) is 3.75. The van der Waals surface area contributed by atoms with Crippen LogP contribution in [-0.2, 0) is 4.79 Å². The smallest absolute Gasteiger partial charge is 0.251 e. The third-order valence-corrected chi connectivity index (χ3v) is 6.14. The SMILES string of the molecule is CC1Sc2ccc(C(=O)NC(CN)C3CCCCC3)cc2NC1=O. The van der Waals surface area contributed by atoms with E-state index in [1.165, 1.54) is 31.0 Å². The Labute approximate surface area is 147 Å². The minimum Gasteiger partial charge on any atom is -0.348 e. The van der Waals surface area contributed by atoms with E-state index in [1.807, 2.05) is 19.1 Å². The molecule has 2 amide bonds. The van der Waals surface area contributed by atoms with E-state index in [0.29, 0.717) is 18.0 Å². The zero-order chi connectivity index (χ0) is 17.1. The summed E-state index contributed by atoms with van der Waals surface area (Å²) >= 11 is 1.52. The van der Waals surface area contributed by atoms with E-state index in [4.69, 9.17) is 5.73 Å². The Morgan fingerprint density at radius 2 is 2.12 bits per heavy atom. The van der Waals surface area contributed by atoms with Crippen molar-refractivity contribution in [1.29, 1.82) is 0 Å². The summed E-state index contributed by atoms with van der Waals surface area (Å²) in [6.45, 7) is 2.34. The molecule has 1 saturated carbocycles. The third-order valence-electron chi connectivity index (χ3n) is 4.96. The lowest BCUT2D eigenvalue weighted by Crippen LogP contribution is -2.45. The first-order valence-corrected chi connectivity index (χ1v) is 9.59. The molecule has 6 heteroatoms. The molecule has 5 nitrogen and oxygen atoms in total. The topological polar surface area (TPSA) is 84.2 Å². The summed E-state index contributed by atoms with van der Waals surface area (Å²) in [7, 11) is 0. The molecule has 2 unspecified atom stereocenters. The molecule has 1 aliphatic carbocycles. The van der Waals surface area contributed by atoms with Crippen molar-refractivity contribution < 1.29 is 9.59 Å². The first kappa shape index (κ1) is 17.3. The maximum atomic E-state index is 12.6. The van der Waals surface area contributed by atoms with E-state index in [-0.39, 0.29) is 23.1 Å². The number of hydrogen-bond donors (Lipinski definition) is 3. The van der Waals surface area contributed by atoms with Crippen LogP contribution in [0.5, 0.6) is 0 Å². The van der Waals surface area contributed by atoms with Crippen LogP contribution in [0.1, 0.15) is 49.4 Å². The second-order valence-corrected chi connectivity index (χ2v) is 8.06. The van der Waals surface area contributed by atoms with Gasteiger partial charge in [0.15, 0.2) is 0 Å². The lowest BCUT2D eigenvalue weighted by Gasteiger charge is -2.30. The largest absolute Gasteiger partial charge is 0.348 e. The van der Waals surface area contributed by atoms with Gasteiger partial charge in [-0.2, -0.15) is 0 Å². The summed E-state index contributed by atoms with van der Waals surface area (Å²) in [4.78, 5) is 25.4. The summed E-state index contributed by atoms with van der Waals surface area (Å²) in [6, 6.07) is 5.51. The zero-order valence-corrected chi connectivity index (χ0v) is 14.8. The van der Waals surface area contributed by atoms with Gasteiger partial charge in [0.25, 0.3) is 5.91 Å². The molecule has 4 N–H and O–H groups in total. The maximum Gasteiger partial charge on any atom is 0.251 e. The number of amides is 2. The van der Waals surface area contributed by atoms with Gasteiger partial charge in [0.05, 0.1) is 10.9 Å². The first-order valence-electron chi connectivity index (χ1n) is 8.71. The van der Waals surface area contributed by atoms with Crippen LogP contribution in [0.2, 0.25) is 0 Å². The Bertz CT molecular complexity index is 629. The van der Waals surface area contributed by atoms with Crippen LogP contribution in [-0.4, -0.2) is 29.7 Å². The highest BCUT2D eigenvalue weighted by Crippen LogP contribution is 2.36. The van der Waals surface area contributed by atoms with E-state index in [1.54, 1.807) is 6.07 Å². The number of nitrogens with two attached hydrogens (primary N) is 1. The van der Waals surface area contributed by atoms with Gasteiger partial charge in [-0.25, -0.2) is 0 Å². The number of anilines is 1. The average molecular weight is 347 g/mol. The first-order chi connectivity index (χ1) is 11.6. The van der Waals surface area contributed by atoms with Gasteiger partial charge in [-0.05, 0) is 43.9 Å². The molecule has 1 aromatic rings. The molecule has 130 valence electrons. The van der Waals surface area contributed by atoms with Crippen LogP contribution in [0.4, 0.5) is 5.69 Å². The van der Waals surface area contributed by atoms with Gasteiger partial charge in [-0.1, -0.05) is 19.3 Å². The Morgan fingerprint density at radius 3 is 2.83 bits per heavy atom. The van der Waals surface area contributed by atoms with Crippen molar-refractivity contribution in [2.75, 3.05) is 11.9 Å². The van der Waals surface area contributed by atoms with Crippen LogP contribution in [0.3, 0.4) is 0 Å². The molecule has 0 bridgehead atoms. The Morgan fingerprint density at radius 1 is 1.38 bits per heavy atom. The number of nitrogens with one attached hydrogen (secondary N) is 2. The number of fused-ring (bicyclic) bond motifs is 1. The van der Waals surface area contributed by atoms with Crippen molar-refractivity contribution >= 4 is 29.3 Å². The average Bonchev–Trinajstić information content (AvgIpc) is 2.60. The van der Waals surface area contributed by atoms with E-state index < -0.39 is 0 Å². The van der Waals surface area contributed by atoms with Gasteiger partial charge in [0.2, 0.25) is 5.91 Å². The molecule has 1 fully saturated rings. The molecule has 0 radical (unpaired) electrons. The normalized spacial score (nSPS) is 22.4. The van der Waals surface area contributed by atoms with Crippen LogP contribution in [0.15, 0.2) is 23.1 Å². The van der Waals surface area contributed by atoms with E-state index in [2.05, 4.69) is 10.6 Å². The molecule has 1 heterocycles. The number of carbonyl (C=O) groups excluding carboxylic acids is 2. The highest BCUT2D eigenvalue weighted by atomic mass is 32.2. The molecular formula is C18H25N3O2S. The number of carbonyl (C=O) groups is 2. The summed E-state index contributed by atoms with van der Waals surface area (Å²) in [5.74, 6) is 0.338. The number of rotatable bonds is 4. The van der Waals surface area contributed by atoms with Gasteiger partial charge in [0.1, 0.15) is 0 Å². The van der Waals surface area contributed by atoms with Crippen molar-refractivity contribution in [2.24, 2.45) is 11.7 Å². The molecule has 0 aromatic heterocycles. The van der Waals surface area contributed by atoms with Crippen molar-refractivity contribution in [3.63, 3.8) is 0 Å². The molecule has 2 atom stereocenters. The van der Waals surface area contributed by atoms with Gasteiger partial charge < -0.3 is 16.4 Å². The minimum absolute atomic E-state index is 0.0212. The van der Waals surface area contributed by atoms with Crippen LogP contribution < -0.4 is 16.4 Å². The number of thioether (sulfide) groups is 1. The summed E-state index contributed by atoms with van der Waals surface area (Å²) < 4.78 is 0. The number of benzene rings is 1. The fourth-order valence-electron chi connectivity index (χ4n) is 3.51. The predicted molar refractivity (Wildman–Crippen MR) is 97.3 cm³/mol. The van der Waals surface area contributed by atoms with Gasteiger partial charge in [-0.15, -0.1) is 11.8 Å². The quantitative estimate of drug-likeness (QED) is 0.782. The maximum absolute atomic E-state index is 12.6. The highest BCUT2D eigenvalue weighted by Gasteiger charge is 2.26. The predicted octanol–water partition coefficient (Wildman–Crippen LogP) is 2.76. The van der Waals surface area contributed by atoms with Gasteiger partial charge in [0, 0.05) is 23.0 Å². The lowest BCUT2D eigenvalue weighted by molar-refractivity contribution is -0.115. The molecule has 0 saturated heterocycles. The molecule has 2 aliphatic rings. The minimum atomic E-state index is -0.114. The van der Waals surface area contributed by atoms with E-state index in [0.717, 1.165) is 23.4 Å². The Hall–Kier alpha value is -1.53. The van der Waals surface area contributed by atoms with Crippen molar-refractivity contribution in [2.45, 2.75) is 55.2 Å². The van der Waals surface area contributed by atoms with E-state index in [9.17, 15) is 9.59 Å². The summed E-state index contributed by atoms with van der Waals surface area (Å²) in [6.07, 6.45) is 5.99. The Balaban J connectivity index is 1.70. The zero-order valence-electron chi connectivity index (χ0n) is 14.0. The monoisotopic (exact) mass is 347 g/mol. The molecule has 1 aromatic carbocycles. The lowest BCUT2D eigenvalue weighted by atomic mass is 9.84. The van der Waals surface area contributed by atoms with Crippen molar-refractivity contribution in [3.8, 4) is 0 Å². The van der Waals surface area contributed by atoms with Gasteiger partial charge in [-0.3, -0.25) is 9.59 Å². The second kappa shape index (κ2) is 7.57.